The van der Waals surface area contributed by atoms with E-state index in [1.807, 2.05) is 0 Å². The minimum atomic E-state index is 0.490. The summed E-state index contributed by atoms with van der Waals surface area (Å²) >= 11 is 0. The second-order valence-electron chi connectivity index (χ2n) is 5.74. The highest BCUT2D eigenvalue weighted by Gasteiger charge is 2.25. The highest BCUT2D eigenvalue weighted by molar-refractivity contribution is 5.33. The normalized spacial score (nSPS) is 18.5. The first kappa shape index (κ1) is 14.5. The van der Waals surface area contributed by atoms with Crippen LogP contribution in [0.25, 0.3) is 0 Å². The average molecular weight is 261 g/mol. The molecule has 1 saturated heterocycles. The van der Waals surface area contributed by atoms with Crippen LogP contribution in [0.2, 0.25) is 0 Å². The number of hydrogen-bond donors (Lipinski definition) is 1. The number of aryl methyl sites for hydroxylation is 2. The molecule has 1 heterocycles. The molecule has 2 heteroatoms. The molecular weight excluding hydrogens is 234 g/mol. The van der Waals surface area contributed by atoms with E-state index in [0.717, 1.165) is 19.8 Å². The molecule has 0 saturated carbocycles. The van der Waals surface area contributed by atoms with Crippen LogP contribution in [0.1, 0.15) is 48.9 Å². The smallest absolute Gasteiger partial charge is 0.0469 e. The van der Waals surface area contributed by atoms with Crippen molar-refractivity contribution in [3.8, 4) is 0 Å². The van der Waals surface area contributed by atoms with Gasteiger partial charge in [0.25, 0.3) is 0 Å². The monoisotopic (exact) mass is 261 g/mol. The Bertz CT molecular complexity index is 396. The first-order chi connectivity index (χ1) is 9.22. The predicted molar refractivity (Wildman–Crippen MR) is 80.5 cm³/mol. The quantitative estimate of drug-likeness (QED) is 0.871. The second-order valence-corrected chi connectivity index (χ2v) is 5.74. The number of ether oxygens (including phenoxy) is 1. The summed E-state index contributed by atoms with van der Waals surface area (Å²) < 4.78 is 5.52. The zero-order valence-electron chi connectivity index (χ0n) is 12.5. The van der Waals surface area contributed by atoms with E-state index in [1.54, 1.807) is 0 Å². The SMILES string of the molecule is CCCNC(c1cc(C)ccc1C)C1CCOCC1. The third kappa shape index (κ3) is 3.80. The van der Waals surface area contributed by atoms with Crippen molar-refractivity contribution in [2.75, 3.05) is 19.8 Å². The van der Waals surface area contributed by atoms with E-state index in [2.05, 4.69) is 44.3 Å². The fraction of sp³-hybridized carbons (Fsp3) is 0.647. The topological polar surface area (TPSA) is 21.3 Å². The molecule has 19 heavy (non-hydrogen) atoms. The van der Waals surface area contributed by atoms with Crippen LogP contribution in [-0.4, -0.2) is 19.8 Å². The van der Waals surface area contributed by atoms with Gasteiger partial charge in [-0.1, -0.05) is 30.7 Å². The summed E-state index contributed by atoms with van der Waals surface area (Å²) in [6, 6.07) is 7.31. The van der Waals surface area contributed by atoms with Gasteiger partial charge in [-0.2, -0.15) is 0 Å². The minimum absolute atomic E-state index is 0.490. The van der Waals surface area contributed by atoms with Crippen molar-refractivity contribution in [2.24, 2.45) is 5.92 Å². The van der Waals surface area contributed by atoms with Gasteiger partial charge in [0, 0.05) is 19.3 Å². The van der Waals surface area contributed by atoms with Crippen molar-refractivity contribution < 1.29 is 4.74 Å². The Morgan fingerprint density at radius 3 is 2.68 bits per heavy atom. The molecule has 1 aromatic carbocycles. The van der Waals surface area contributed by atoms with Crippen LogP contribution in [0.4, 0.5) is 0 Å². The van der Waals surface area contributed by atoms with Crippen molar-refractivity contribution in [3.05, 3.63) is 34.9 Å². The predicted octanol–water partition coefficient (Wildman–Crippen LogP) is 3.77. The van der Waals surface area contributed by atoms with E-state index in [4.69, 9.17) is 4.74 Å². The summed E-state index contributed by atoms with van der Waals surface area (Å²) in [4.78, 5) is 0. The Balaban J connectivity index is 2.22. The highest BCUT2D eigenvalue weighted by atomic mass is 16.5. The maximum Gasteiger partial charge on any atom is 0.0469 e. The van der Waals surface area contributed by atoms with Gasteiger partial charge in [0.2, 0.25) is 0 Å². The van der Waals surface area contributed by atoms with Gasteiger partial charge in [0.15, 0.2) is 0 Å². The van der Waals surface area contributed by atoms with Crippen molar-refractivity contribution in [2.45, 2.75) is 46.1 Å². The lowest BCUT2D eigenvalue weighted by Crippen LogP contribution is -2.33. The lowest BCUT2D eigenvalue weighted by atomic mass is 9.84. The standard InChI is InChI=1S/C17H27NO/c1-4-9-18-17(15-7-10-19-11-8-15)16-12-13(2)5-6-14(16)3/h5-6,12,15,17-18H,4,7-11H2,1-3H3. The number of rotatable bonds is 5. The summed E-state index contributed by atoms with van der Waals surface area (Å²) in [5.74, 6) is 0.709. The summed E-state index contributed by atoms with van der Waals surface area (Å²) in [6.45, 7) is 9.57. The molecule has 0 aromatic heterocycles. The minimum Gasteiger partial charge on any atom is -0.381 e. The molecule has 1 unspecified atom stereocenters. The molecule has 1 aromatic rings. The zero-order valence-corrected chi connectivity index (χ0v) is 12.5. The molecule has 0 bridgehead atoms. The van der Waals surface area contributed by atoms with Gasteiger partial charge in [-0.25, -0.2) is 0 Å². The third-order valence-electron chi connectivity index (χ3n) is 4.12. The highest BCUT2D eigenvalue weighted by Crippen LogP contribution is 2.32. The molecule has 2 nitrogen and oxygen atoms in total. The van der Waals surface area contributed by atoms with Gasteiger partial charge in [0.1, 0.15) is 0 Å². The second kappa shape index (κ2) is 7.06. The molecular formula is C17H27NO. The van der Waals surface area contributed by atoms with Crippen LogP contribution in [-0.2, 0) is 4.74 Å². The van der Waals surface area contributed by atoms with Crippen LogP contribution in [0.5, 0.6) is 0 Å². The Hall–Kier alpha value is -0.860. The molecule has 1 aliphatic rings. The maximum absolute atomic E-state index is 5.52. The molecule has 2 rings (SSSR count). The summed E-state index contributed by atoms with van der Waals surface area (Å²) in [5.41, 5.74) is 4.25. The molecule has 0 radical (unpaired) electrons. The van der Waals surface area contributed by atoms with Gasteiger partial charge in [0.05, 0.1) is 0 Å². The maximum atomic E-state index is 5.52. The van der Waals surface area contributed by atoms with Crippen LogP contribution < -0.4 is 5.32 Å². The van der Waals surface area contributed by atoms with E-state index in [9.17, 15) is 0 Å². The number of nitrogens with one attached hydrogen (secondary N) is 1. The molecule has 0 aliphatic carbocycles. The van der Waals surface area contributed by atoms with Gasteiger partial charge < -0.3 is 10.1 Å². The molecule has 0 amide bonds. The van der Waals surface area contributed by atoms with Crippen LogP contribution >= 0.6 is 0 Å². The summed E-state index contributed by atoms with van der Waals surface area (Å²) in [6.07, 6.45) is 3.54. The van der Waals surface area contributed by atoms with Gasteiger partial charge in [-0.05, 0) is 56.7 Å². The van der Waals surface area contributed by atoms with E-state index >= 15 is 0 Å². The zero-order chi connectivity index (χ0) is 13.7. The molecule has 1 atom stereocenters. The van der Waals surface area contributed by atoms with Crippen LogP contribution in [0.15, 0.2) is 18.2 Å². The Morgan fingerprint density at radius 2 is 2.00 bits per heavy atom. The van der Waals surface area contributed by atoms with Gasteiger partial charge >= 0.3 is 0 Å². The van der Waals surface area contributed by atoms with Crippen molar-refractivity contribution in [1.29, 1.82) is 0 Å². The van der Waals surface area contributed by atoms with E-state index in [-0.39, 0.29) is 0 Å². The molecule has 0 spiro atoms. The van der Waals surface area contributed by atoms with Crippen LogP contribution in [0, 0.1) is 19.8 Å². The third-order valence-corrected chi connectivity index (χ3v) is 4.12. The fourth-order valence-electron chi connectivity index (χ4n) is 2.97. The number of hydrogen-bond acceptors (Lipinski definition) is 2. The van der Waals surface area contributed by atoms with Crippen molar-refractivity contribution in [3.63, 3.8) is 0 Å². The molecule has 1 aliphatic heterocycles. The molecule has 106 valence electrons. The lowest BCUT2D eigenvalue weighted by Gasteiger charge is -2.32. The lowest BCUT2D eigenvalue weighted by molar-refractivity contribution is 0.0535. The van der Waals surface area contributed by atoms with Crippen molar-refractivity contribution in [1.82, 2.24) is 5.32 Å². The van der Waals surface area contributed by atoms with E-state index < -0.39 is 0 Å². The summed E-state index contributed by atoms with van der Waals surface area (Å²) in [7, 11) is 0. The van der Waals surface area contributed by atoms with Crippen LogP contribution in [0.3, 0.4) is 0 Å². The first-order valence-corrected chi connectivity index (χ1v) is 7.60. The number of benzene rings is 1. The Labute approximate surface area is 117 Å². The van der Waals surface area contributed by atoms with Gasteiger partial charge in [-0.15, -0.1) is 0 Å². The van der Waals surface area contributed by atoms with Gasteiger partial charge in [-0.3, -0.25) is 0 Å². The summed E-state index contributed by atoms with van der Waals surface area (Å²) in [5, 5.41) is 3.77. The fourth-order valence-corrected chi connectivity index (χ4v) is 2.97. The average Bonchev–Trinajstić information content (AvgIpc) is 2.44. The Morgan fingerprint density at radius 1 is 1.26 bits per heavy atom. The Kier molecular flexibility index (Phi) is 5.41. The largest absolute Gasteiger partial charge is 0.381 e. The van der Waals surface area contributed by atoms with Crippen molar-refractivity contribution >= 4 is 0 Å². The molecule has 1 N–H and O–H groups in total. The first-order valence-electron chi connectivity index (χ1n) is 7.60. The van der Waals surface area contributed by atoms with E-state index in [0.29, 0.717) is 12.0 Å². The van der Waals surface area contributed by atoms with E-state index in [1.165, 1.54) is 36.0 Å². The molecule has 1 fully saturated rings.